The minimum atomic E-state index is -0.239. The Morgan fingerprint density at radius 2 is 1.85 bits per heavy atom. The average Bonchev–Trinajstić information content (AvgIpc) is 3.44. The summed E-state index contributed by atoms with van der Waals surface area (Å²) in [6.45, 7) is 2.90. The minimum Gasteiger partial charge on any atom is -0.350 e. The highest BCUT2D eigenvalue weighted by Gasteiger charge is 2.36. The lowest BCUT2D eigenvalue weighted by atomic mass is 10.0. The van der Waals surface area contributed by atoms with Crippen LogP contribution in [0.1, 0.15) is 31.4 Å². The molecule has 2 aliphatic rings. The van der Waals surface area contributed by atoms with Gasteiger partial charge in [-0.05, 0) is 43.9 Å². The molecule has 7 heteroatoms. The first-order chi connectivity index (χ1) is 13.3. The van der Waals surface area contributed by atoms with E-state index in [2.05, 4.69) is 24.8 Å². The van der Waals surface area contributed by atoms with Gasteiger partial charge >= 0.3 is 0 Å². The van der Waals surface area contributed by atoms with Gasteiger partial charge in [0.1, 0.15) is 23.6 Å². The normalized spacial score (nSPS) is 18.9. The lowest BCUT2D eigenvalue weighted by Gasteiger charge is -2.39. The quantitative estimate of drug-likeness (QED) is 0.695. The molecule has 0 radical (unpaired) electrons. The summed E-state index contributed by atoms with van der Waals surface area (Å²) in [4.78, 5) is 18.1. The largest absolute Gasteiger partial charge is 0.350 e. The van der Waals surface area contributed by atoms with Gasteiger partial charge in [0.15, 0.2) is 0 Å². The van der Waals surface area contributed by atoms with Crippen LogP contribution in [-0.2, 0) is 6.54 Å². The number of imidazole rings is 1. The molecule has 1 saturated carbocycles. The second-order valence-electron chi connectivity index (χ2n) is 7.56. The van der Waals surface area contributed by atoms with Crippen LogP contribution in [0.25, 0.3) is 5.65 Å². The highest BCUT2D eigenvalue weighted by atomic mass is 19.1. The molecule has 6 nitrogen and oxygen atoms in total. The Kier molecular flexibility index (Phi) is 4.24. The van der Waals surface area contributed by atoms with Crippen LogP contribution in [0.3, 0.4) is 0 Å². The van der Waals surface area contributed by atoms with E-state index in [-0.39, 0.29) is 5.82 Å². The number of pyridine rings is 1. The van der Waals surface area contributed by atoms with Crippen molar-refractivity contribution in [3.05, 3.63) is 54.6 Å². The first-order valence-corrected chi connectivity index (χ1v) is 9.66. The monoisotopic (exact) mass is 366 g/mol. The van der Waals surface area contributed by atoms with Crippen LogP contribution >= 0.6 is 0 Å². The van der Waals surface area contributed by atoms with Gasteiger partial charge in [-0.3, -0.25) is 4.90 Å². The van der Waals surface area contributed by atoms with E-state index in [9.17, 15) is 4.39 Å². The molecule has 3 aromatic heterocycles. The zero-order valence-corrected chi connectivity index (χ0v) is 15.2. The fourth-order valence-corrected chi connectivity index (χ4v) is 4.14. The van der Waals surface area contributed by atoms with E-state index < -0.39 is 0 Å². The van der Waals surface area contributed by atoms with E-state index in [0.29, 0.717) is 12.1 Å². The van der Waals surface area contributed by atoms with Gasteiger partial charge in [-0.2, -0.15) is 0 Å². The molecule has 1 saturated heterocycles. The molecule has 27 heavy (non-hydrogen) atoms. The van der Waals surface area contributed by atoms with Crippen molar-refractivity contribution in [2.75, 3.05) is 18.0 Å². The molecule has 0 aromatic carbocycles. The van der Waals surface area contributed by atoms with Crippen LogP contribution < -0.4 is 4.90 Å². The Morgan fingerprint density at radius 3 is 2.59 bits per heavy atom. The number of likely N-dealkylation sites (tertiary alicyclic amines) is 1. The number of anilines is 1. The summed E-state index contributed by atoms with van der Waals surface area (Å²) >= 11 is 0. The highest BCUT2D eigenvalue weighted by Crippen LogP contribution is 2.35. The van der Waals surface area contributed by atoms with Gasteiger partial charge in [-0.25, -0.2) is 19.3 Å². The van der Waals surface area contributed by atoms with Gasteiger partial charge in [-0.15, -0.1) is 0 Å². The summed E-state index contributed by atoms with van der Waals surface area (Å²) in [5.41, 5.74) is 1.79. The molecule has 1 aliphatic carbocycles. The first kappa shape index (κ1) is 16.6. The van der Waals surface area contributed by atoms with E-state index in [1.165, 1.54) is 25.1 Å². The highest BCUT2D eigenvalue weighted by molar-refractivity contribution is 5.42. The van der Waals surface area contributed by atoms with Crippen molar-refractivity contribution >= 4 is 11.5 Å². The van der Waals surface area contributed by atoms with Crippen molar-refractivity contribution in [3.8, 4) is 0 Å². The Bertz CT molecular complexity index is 915. The molecule has 4 heterocycles. The maximum atomic E-state index is 13.4. The van der Waals surface area contributed by atoms with Crippen LogP contribution in [0.15, 0.2) is 43.1 Å². The number of nitrogens with zero attached hydrogens (tertiary/aromatic N) is 6. The first-order valence-electron chi connectivity index (χ1n) is 9.66. The minimum absolute atomic E-state index is 0.239. The molecular formula is C20H23FN6. The summed E-state index contributed by atoms with van der Waals surface area (Å²) in [6, 6.07) is 6.39. The number of aromatic nitrogens is 4. The van der Waals surface area contributed by atoms with E-state index in [1.54, 1.807) is 16.8 Å². The summed E-state index contributed by atoms with van der Waals surface area (Å²) in [6.07, 6.45) is 11.7. The van der Waals surface area contributed by atoms with Crippen molar-refractivity contribution in [1.29, 1.82) is 0 Å². The van der Waals surface area contributed by atoms with Crippen molar-refractivity contribution in [1.82, 2.24) is 24.3 Å². The molecule has 2 fully saturated rings. The number of hydrogen-bond donors (Lipinski definition) is 0. The fraction of sp³-hybridized carbons (Fsp3) is 0.450. The lowest BCUT2D eigenvalue weighted by molar-refractivity contribution is 0.198. The van der Waals surface area contributed by atoms with Crippen LogP contribution in [0.5, 0.6) is 0 Å². The van der Waals surface area contributed by atoms with Crippen LogP contribution in [-0.4, -0.2) is 49.4 Å². The molecule has 0 N–H and O–H groups in total. The summed E-state index contributed by atoms with van der Waals surface area (Å²) in [7, 11) is 0. The van der Waals surface area contributed by atoms with Gasteiger partial charge in [0.25, 0.3) is 0 Å². The predicted molar refractivity (Wildman–Crippen MR) is 101 cm³/mol. The van der Waals surface area contributed by atoms with Gasteiger partial charge in [0, 0.05) is 50.3 Å². The Morgan fingerprint density at radius 1 is 1.04 bits per heavy atom. The number of piperidine rings is 1. The lowest BCUT2D eigenvalue weighted by Crippen LogP contribution is -2.46. The molecule has 140 valence electrons. The van der Waals surface area contributed by atoms with Gasteiger partial charge in [-0.1, -0.05) is 0 Å². The van der Waals surface area contributed by atoms with Crippen molar-refractivity contribution < 1.29 is 4.39 Å². The van der Waals surface area contributed by atoms with Crippen molar-refractivity contribution in [2.24, 2.45) is 0 Å². The van der Waals surface area contributed by atoms with Crippen LogP contribution in [0.4, 0.5) is 10.2 Å². The van der Waals surface area contributed by atoms with Crippen molar-refractivity contribution in [2.45, 2.75) is 44.3 Å². The second-order valence-corrected chi connectivity index (χ2v) is 7.56. The summed E-state index contributed by atoms with van der Waals surface area (Å²) in [5.74, 6) is 0.825. The molecule has 5 rings (SSSR count). The Balaban J connectivity index is 1.24. The molecule has 0 spiro atoms. The molecular weight excluding hydrogens is 343 g/mol. The zero-order chi connectivity index (χ0) is 18.2. The number of fused-ring (bicyclic) bond motifs is 1. The van der Waals surface area contributed by atoms with Crippen LogP contribution in [0, 0.1) is 5.82 Å². The third-order valence-electron chi connectivity index (χ3n) is 5.57. The van der Waals surface area contributed by atoms with Gasteiger partial charge in [0.05, 0.1) is 5.69 Å². The van der Waals surface area contributed by atoms with Gasteiger partial charge in [0.2, 0.25) is 0 Å². The Hall–Kier alpha value is -2.54. The molecule has 3 aromatic rings. The molecule has 0 unspecified atom stereocenters. The van der Waals surface area contributed by atoms with E-state index in [4.69, 9.17) is 0 Å². The maximum absolute atomic E-state index is 13.4. The van der Waals surface area contributed by atoms with E-state index >= 15 is 0 Å². The van der Waals surface area contributed by atoms with Gasteiger partial charge < -0.3 is 9.30 Å². The topological polar surface area (TPSA) is 49.6 Å². The predicted octanol–water partition coefficient (Wildman–Crippen LogP) is 2.90. The fourth-order valence-electron chi connectivity index (χ4n) is 4.14. The maximum Gasteiger partial charge on any atom is 0.139 e. The van der Waals surface area contributed by atoms with Crippen LogP contribution in [0.2, 0.25) is 0 Å². The van der Waals surface area contributed by atoms with E-state index in [1.807, 2.05) is 18.5 Å². The zero-order valence-electron chi connectivity index (χ0n) is 15.2. The average molecular weight is 366 g/mol. The molecule has 0 bridgehead atoms. The third-order valence-corrected chi connectivity index (χ3v) is 5.57. The second kappa shape index (κ2) is 6.88. The Labute approximate surface area is 157 Å². The standard InChI is InChI=1S/C20H23FN6/c21-15-1-4-20-24-16(13-26(20)11-15)12-25-9-6-18(7-10-25)27(17-2-3-17)19-5-8-22-14-23-19/h1,4-5,8,11,13-14,17-18H,2-3,6-7,9-10,12H2. The smallest absolute Gasteiger partial charge is 0.139 e. The number of halogens is 1. The number of rotatable bonds is 5. The molecule has 1 aliphatic heterocycles. The molecule has 0 amide bonds. The third kappa shape index (κ3) is 3.51. The summed E-state index contributed by atoms with van der Waals surface area (Å²) in [5, 5.41) is 0. The molecule has 0 atom stereocenters. The van der Waals surface area contributed by atoms with Crippen molar-refractivity contribution in [3.63, 3.8) is 0 Å². The summed E-state index contributed by atoms with van der Waals surface area (Å²) < 4.78 is 15.1. The number of hydrogen-bond acceptors (Lipinski definition) is 5. The van der Waals surface area contributed by atoms with E-state index in [0.717, 1.165) is 49.6 Å². The SMILES string of the molecule is Fc1ccc2nc(CN3CCC(N(c4ccncn4)C4CC4)CC3)cn2c1.